The first-order valence-corrected chi connectivity index (χ1v) is 12.6. The number of hydrogen-bond donors (Lipinski definition) is 3. The third-order valence-electron chi connectivity index (χ3n) is 7.10. The highest BCUT2D eigenvalue weighted by Crippen LogP contribution is 2.33. The van der Waals surface area contributed by atoms with Gasteiger partial charge in [-0.15, -0.1) is 0 Å². The Morgan fingerprint density at radius 2 is 2.00 bits per heavy atom. The van der Waals surface area contributed by atoms with Gasteiger partial charge in [0.1, 0.15) is 5.65 Å². The summed E-state index contributed by atoms with van der Waals surface area (Å²) in [7, 11) is 4.19. The minimum atomic E-state index is -0.155. The van der Waals surface area contributed by atoms with Crippen LogP contribution in [0.1, 0.15) is 54.1 Å². The van der Waals surface area contributed by atoms with Crippen LogP contribution in [0.2, 0.25) is 0 Å². The lowest BCUT2D eigenvalue weighted by Gasteiger charge is -2.26. The molecule has 1 amide bonds. The number of H-pyrrole nitrogens is 1. The van der Waals surface area contributed by atoms with E-state index in [0.717, 1.165) is 49.1 Å². The van der Waals surface area contributed by atoms with E-state index in [1.165, 1.54) is 11.1 Å². The fourth-order valence-electron chi connectivity index (χ4n) is 4.85. The van der Waals surface area contributed by atoms with Crippen LogP contribution in [0.3, 0.4) is 0 Å². The van der Waals surface area contributed by atoms with E-state index in [1.54, 1.807) is 6.20 Å². The Labute approximate surface area is 207 Å². The zero-order chi connectivity index (χ0) is 24.9. The number of fused-ring (bicyclic) bond motifs is 1. The molecule has 0 aliphatic carbocycles. The van der Waals surface area contributed by atoms with Crippen LogP contribution < -0.4 is 5.32 Å². The summed E-state index contributed by atoms with van der Waals surface area (Å²) >= 11 is 0. The molecule has 7 nitrogen and oxygen atoms in total. The van der Waals surface area contributed by atoms with Gasteiger partial charge < -0.3 is 25.0 Å². The molecule has 3 N–H and O–H groups in total. The monoisotopic (exact) mass is 478 g/mol. The average Bonchev–Trinajstić information content (AvgIpc) is 3.27. The van der Waals surface area contributed by atoms with E-state index in [2.05, 4.69) is 52.5 Å². The van der Waals surface area contributed by atoms with Gasteiger partial charge in [0.05, 0.1) is 5.56 Å². The molecule has 1 aromatic carbocycles. The Kier molecular flexibility index (Phi) is 8.21. The van der Waals surface area contributed by atoms with Crippen molar-refractivity contribution in [3.8, 4) is 11.1 Å². The SMILES string of the molecule is CC(C)[C@H](CO)CNC(=O)c1c[nH]c2ncc(-c3ccc(C4CCOCC4)c(CN(C)C)c3)cc12. The van der Waals surface area contributed by atoms with Crippen molar-refractivity contribution in [2.24, 2.45) is 11.8 Å². The summed E-state index contributed by atoms with van der Waals surface area (Å²) in [6.45, 7) is 7.10. The van der Waals surface area contributed by atoms with E-state index in [9.17, 15) is 9.90 Å². The second-order valence-corrected chi connectivity index (χ2v) is 10.3. The van der Waals surface area contributed by atoms with Gasteiger partial charge in [0.15, 0.2) is 0 Å². The first-order chi connectivity index (χ1) is 16.9. The Bertz CT molecular complexity index is 1150. The van der Waals surface area contributed by atoms with Crippen molar-refractivity contribution < 1.29 is 14.6 Å². The Hall–Kier alpha value is -2.74. The van der Waals surface area contributed by atoms with E-state index >= 15 is 0 Å². The van der Waals surface area contributed by atoms with Gasteiger partial charge in [-0.3, -0.25) is 4.79 Å². The number of aliphatic hydroxyl groups excluding tert-OH is 1. The lowest BCUT2D eigenvalue weighted by Crippen LogP contribution is -2.33. The average molecular weight is 479 g/mol. The maximum absolute atomic E-state index is 12.9. The highest BCUT2D eigenvalue weighted by atomic mass is 16.5. The van der Waals surface area contributed by atoms with Crippen molar-refractivity contribution >= 4 is 16.9 Å². The Morgan fingerprint density at radius 1 is 1.23 bits per heavy atom. The largest absolute Gasteiger partial charge is 0.396 e. The molecule has 4 rings (SSSR count). The molecule has 0 unspecified atom stereocenters. The second kappa shape index (κ2) is 11.3. The lowest BCUT2D eigenvalue weighted by molar-refractivity contribution is 0.0850. The van der Waals surface area contributed by atoms with Crippen molar-refractivity contribution in [1.82, 2.24) is 20.2 Å². The maximum Gasteiger partial charge on any atom is 0.253 e. The molecule has 0 radical (unpaired) electrons. The van der Waals surface area contributed by atoms with Crippen LogP contribution in [0.15, 0.2) is 36.7 Å². The number of aliphatic hydroxyl groups is 1. The van der Waals surface area contributed by atoms with Crippen molar-refractivity contribution in [2.75, 3.05) is 40.5 Å². The van der Waals surface area contributed by atoms with Crippen LogP contribution in [0.25, 0.3) is 22.2 Å². The number of hydrogen-bond acceptors (Lipinski definition) is 5. The predicted molar refractivity (Wildman–Crippen MR) is 139 cm³/mol. The number of carbonyl (C=O) groups is 1. The minimum Gasteiger partial charge on any atom is -0.396 e. The quantitative estimate of drug-likeness (QED) is 0.429. The molecule has 7 heteroatoms. The maximum atomic E-state index is 12.9. The first-order valence-electron chi connectivity index (χ1n) is 12.6. The molecule has 2 aromatic heterocycles. The van der Waals surface area contributed by atoms with E-state index < -0.39 is 0 Å². The molecule has 0 bridgehead atoms. The van der Waals surface area contributed by atoms with E-state index in [4.69, 9.17) is 4.74 Å². The molecule has 3 heterocycles. The van der Waals surface area contributed by atoms with E-state index in [1.807, 2.05) is 26.1 Å². The fourth-order valence-corrected chi connectivity index (χ4v) is 4.85. The summed E-state index contributed by atoms with van der Waals surface area (Å²) < 4.78 is 5.58. The summed E-state index contributed by atoms with van der Waals surface area (Å²) in [6.07, 6.45) is 5.70. The highest BCUT2D eigenvalue weighted by Gasteiger charge is 2.21. The van der Waals surface area contributed by atoms with Crippen molar-refractivity contribution in [3.05, 3.63) is 53.3 Å². The molecule has 1 fully saturated rings. The molecule has 35 heavy (non-hydrogen) atoms. The summed E-state index contributed by atoms with van der Waals surface area (Å²) in [5.74, 6) is 0.693. The van der Waals surface area contributed by atoms with Gasteiger partial charge in [0, 0.05) is 62.2 Å². The number of benzene rings is 1. The number of pyridine rings is 1. The molecule has 1 aliphatic rings. The molecular weight excluding hydrogens is 440 g/mol. The van der Waals surface area contributed by atoms with E-state index in [-0.39, 0.29) is 24.3 Å². The second-order valence-electron chi connectivity index (χ2n) is 10.3. The molecule has 3 aromatic rings. The summed E-state index contributed by atoms with van der Waals surface area (Å²) in [6, 6.07) is 8.75. The first kappa shape index (κ1) is 25.4. The van der Waals surface area contributed by atoms with Gasteiger partial charge in [-0.05, 0) is 67.6 Å². The number of amides is 1. The zero-order valence-corrected chi connectivity index (χ0v) is 21.3. The van der Waals surface area contributed by atoms with Crippen molar-refractivity contribution in [3.63, 3.8) is 0 Å². The Balaban J connectivity index is 1.62. The normalized spacial score (nSPS) is 15.7. The van der Waals surface area contributed by atoms with Crippen LogP contribution in [0, 0.1) is 11.8 Å². The van der Waals surface area contributed by atoms with Gasteiger partial charge in [0.2, 0.25) is 0 Å². The lowest BCUT2D eigenvalue weighted by atomic mass is 9.86. The standard InChI is InChI=1S/C28H38N4O3/c1-18(2)23(17-33)14-31-28(34)26-15-30-27-25(26)12-21(13-29-27)20-5-6-24(19-7-9-35-10-8-19)22(11-20)16-32(3)4/h5-6,11-13,15,18-19,23,33H,7-10,14,16-17H2,1-4H3,(H,29,30)(H,31,34)/t23-/m0/s1. The minimum absolute atomic E-state index is 0.0298. The summed E-state index contributed by atoms with van der Waals surface area (Å²) in [5.41, 5.74) is 6.08. The third-order valence-corrected chi connectivity index (χ3v) is 7.10. The molecule has 188 valence electrons. The van der Waals surface area contributed by atoms with Gasteiger partial charge in [-0.25, -0.2) is 4.98 Å². The molecule has 1 saturated heterocycles. The molecule has 0 spiro atoms. The smallest absolute Gasteiger partial charge is 0.253 e. The molecule has 1 aliphatic heterocycles. The van der Waals surface area contributed by atoms with Crippen LogP contribution >= 0.6 is 0 Å². The number of ether oxygens (including phenoxy) is 1. The fraction of sp³-hybridized carbons (Fsp3) is 0.500. The van der Waals surface area contributed by atoms with Gasteiger partial charge in [0.25, 0.3) is 5.91 Å². The van der Waals surface area contributed by atoms with Crippen LogP contribution in [0.4, 0.5) is 0 Å². The topological polar surface area (TPSA) is 90.5 Å². The number of aromatic nitrogens is 2. The third kappa shape index (κ3) is 5.92. The molecule has 0 saturated carbocycles. The van der Waals surface area contributed by atoms with Gasteiger partial charge >= 0.3 is 0 Å². The Morgan fingerprint density at radius 3 is 2.69 bits per heavy atom. The molecule has 1 atom stereocenters. The van der Waals surface area contributed by atoms with Crippen LogP contribution in [0.5, 0.6) is 0 Å². The zero-order valence-electron chi connectivity index (χ0n) is 21.3. The number of rotatable bonds is 9. The summed E-state index contributed by atoms with van der Waals surface area (Å²) in [5, 5.41) is 13.4. The predicted octanol–water partition coefficient (Wildman–Crippen LogP) is 4.18. The van der Waals surface area contributed by atoms with Crippen LogP contribution in [-0.2, 0) is 11.3 Å². The highest BCUT2D eigenvalue weighted by molar-refractivity contribution is 6.06. The van der Waals surface area contributed by atoms with Gasteiger partial charge in [-0.2, -0.15) is 0 Å². The number of carbonyl (C=O) groups excluding carboxylic acids is 1. The number of nitrogens with zero attached hydrogens (tertiary/aromatic N) is 2. The van der Waals surface area contributed by atoms with Gasteiger partial charge in [-0.1, -0.05) is 26.0 Å². The van der Waals surface area contributed by atoms with Crippen molar-refractivity contribution in [1.29, 1.82) is 0 Å². The number of nitrogens with one attached hydrogen (secondary N) is 2. The van der Waals surface area contributed by atoms with Crippen LogP contribution in [-0.4, -0.2) is 66.3 Å². The van der Waals surface area contributed by atoms with Crippen molar-refractivity contribution in [2.45, 2.75) is 39.2 Å². The summed E-state index contributed by atoms with van der Waals surface area (Å²) in [4.78, 5) is 22.9. The van der Waals surface area contributed by atoms with E-state index in [0.29, 0.717) is 23.7 Å². The molecular formula is C28H38N4O3. The number of aromatic amines is 1.